The first kappa shape index (κ1) is 57.0. The Morgan fingerprint density at radius 3 is 0.614 bits per heavy atom. The third kappa shape index (κ3) is 23.5. The van der Waals surface area contributed by atoms with E-state index in [4.69, 9.17) is 28.4 Å². The van der Waals surface area contributed by atoms with Crippen LogP contribution < -0.4 is 44.4 Å². The minimum absolute atomic E-state index is 0.0523. The molecule has 3 amide bonds. The normalized spacial score (nSPS) is 10.1. The summed E-state index contributed by atoms with van der Waals surface area (Å²) in [5, 5.41) is 5.12. The number of nitrogens with one attached hydrogen (secondary N) is 3. The second-order valence-corrected chi connectivity index (χ2v) is 9.16. The lowest BCUT2D eigenvalue weighted by Gasteiger charge is -2.11. The lowest BCUT2D eigenvalue weighted by Crippen LogP contribution is -2.29. The number of benzene rings is 3. The van der Waals surface area contributed by atoms with Gasteiger partial charge in [0.2, 0.25) is 0 Å². The second kappa shape index (κ2) is 29.0. The average molecular weight is 1030 g/mol. The zero-order valence-electron chi connectivity index (χ0n) is 31.4. The topological polar surface area (TPSA) is 143 Å². The van der Waals surface area contributed by atoms with Crippen LogP contribution in [0, 0.1) is 0 Å². The van der Waals surface area contributed by atoms with Crippen LogP contribution >= 0.6 is 47.8 Å². The molecule has 0 aliphatic heterocycles. The van der Waals surface area contributed by atoms with E-state index in [2.05, 4.69) is 47.8 Å². The first-order chi connectivity index (χ1) is 26.6. The van der Waals surface area contributed by atoms with Crippen molar-refractivity contribution in [2.45, 2.75) is 18.5 Å². The Morgan fingerprint density at radius 2 is 0.509 bits per heavy atom. The van der Waals surface area contributed by atoms with E-state index in [1.165, 1.54) is 97.3 Å². The van der Waals surface area contributed by atoms with Crippen LogP contribution in [-0.4, -0.2) is 96.4 Å². The van der Waals surface area contributed by atoms with Crippen molar-refractivity contribution < 1.29 is 82.3 Å². The summed E-state index contributed by atoms with van der Waals surface area (Å²) in [6.07, 6.45) is -14.8. The maximum atomic E-state index is 12.0. The molecule has 0 bridgehead atoms. The summed E-state index contributed by atoms with van der Waals surface area (Å²) in [5.41, 5.74) is -0.157. The van der Waals surface area contributed by atoms with Crippen molar-refractivity contribution in [3.63, 3.8) is 0 Å². The lowest BCUT2D eigenvalue weighted by atomic mass is 10.2. The molecule has 3 aromatic carbocycles. The van der Waals surface area contributed by atoms with Gasteiger partial charge in [0.05, 0.1) is 42.7 Å². The number of amides is 3. The van der Waals surface area contributed by atoms with Gasteiger partial charge in [0.1, 0.15) is 34.5 Å². The summed E-state index contributed by atoms with van der Waals surface area (Å²) in [7, 11) is 8.11. The second-order valence-electron chi connectivity index (χ2n) is 9.16. The van der Waals surface area contributed by atoms with Crippen molar-refractivity contribution in [3.8, 4) is 34.5 Å². The number of methoxy groups -OCH3 is 6. The quantitative estimate of drug-likeness (QED) is 0.141. The van der Waals surface area contributed by atoms with Crippen LogP contribution in [0.2, 0.25) is 0 Å². The maximum absolute atomic E-state index is 12.0. The average Bonchev–Trinajstić information content (AvgIpc) is 3.18. The summed E-state index contributed by atoms with van der Waals surface area (Å²) in [4.78, 5) is 32.1. The van der Waals surface area contributed by atoms with Crippen molar-refractivity contribution in [2.75, 3.05) is 76.1 Å². The van der Waals surface area contributed by atoms with Crippen molar-refractivity contribution >= 4 is 82.6 Å². The summed E-state index contributed by atoms with van der Waals surface area (Å²) in [5.74, 6) is 0.969. The Labute approximate surface area is 347 Å². The van der Waals surface area contributed by atoms with E-state index in [0.717, 1.165) is 0 Å². The van der Waals surface area contributed by atoms with Crippen LogP contribution in [0.15, 0.2) is 54.6 Å². The molecule has 324 valence electrons. The van der Waals surface area contributed by atoms with Gasteiger partial charge >= 0.3 is 36.3 Å². The molecule has 3 N–H and O–H groups in total. The molecule has 3 rings (SSSR count). The molecule has 0 saturated heterocycles. The van der Waals surface area contributed by atoms with Gasteiger partial charge in [-0.05, 0) is 17.5 Å². The SMILES string of the molecule is CBr.CBr.CBr.COc1cc(NC(=O)C(F)(F)F)cc(OC)c1.COc1cc(NC(=O)C(F)(F)F)cc(OC)c1.COc1cc(NC(=O)C(F)(F)F)cc(OC)c1. The van der Waals surface area contributed by atoms with E-state index in [-0.39, 0.29) is 51.6 Å². The molecular formula is C33H39Br3F9N3O9. The molecule has 3 aromatic rings. The van der Waals surface area contributed by atoms with Gasteiger partial charge in [-0.1, -0.05) is 47.8 Å². The molecule has 0 atom stereocenters. The summed E-state index contributed by atoms with van der Waals surface area (Å²) in [6.45, 7) is 0. The fourth-order valence-electron chi connectivity index (χ4n) is 3.24. The molecule has 12 nitrogen and oxygen atoms in total. The third-order valence-corrected chi connectivity index (χ3v) is 5.60. The first-order valence-corrected chi connectivity index (χ1v) is 19.3. The summed E-state index contributed by atoms with van der Waals surface area (Å²) >= 11 is 8.81. The number of alkyl halides is 12. The Bertz CT molecular complexity index is 1390. The Hall–Kier alpha value is -4.32. The van der Waals surface area contributed by atoms with Gasteiger partial charge in [-0.25, -0.2) is 0 Å². The van der Waals surface area contributed by atoms with E-state index in [1.54, 1.807) is 16.0 Å². The number of anilines is 3. The molecule has 0 aliphatic rings. The fraction of sp³-hybridized carbons (Fsp3) is 0.364. The highest BCUT2D eigenvalue weighted by atomic mass is 79.9. The molecule has 24 heteroatoms. The number of halogens is 12. The minimum atomic E-state index is -4.93. The van der Waals surface area contributed by atoms with E-state index < -0.39 is 36.3 Å². The predicted octanol–water partition coefficient (Wildman–Crippen LogP) is 9.65. The molecule has 0 aromatic heterocycles. The highest BCUT2D eigenvalue weighted by molar-refractivity contribution is 9.09. The Morgan fingerprint density at radius 1 is 0.368 bits per heavy atom. The molecular weight excluding hydrogens is 993 g/mol. The molecule has 57 heavy (non-hydrogen) atoms. The van der Waals surface area contributed by atoms with E-state index in [9.17, 15) is 53.9 Å². The molecule has 0 radical (unpaired) electrons. The highest BCUT2D eigenvalue weighted by Crippen LogP contribution is 2.29. The van der Waals surface area contributed by atoms with Crippen LogP contribution in [0.25, 0.3) is 0 Å². The molecule has 0 aliphatic carbocycles. The van der Waals surface area contributed by atoms with Gasteiger partial charge in [-0.3, -0.25) is 14.4 Å². The highest BCUT2D eigenvalue weighted by Gasteiger charge is 2.40. The zero-order chi connectivity index (χ0) is 45.2. The van der Waals surface area contributed by atoms with Gasteiger partial charge in [-0.15, -0.1) is 0 Å². The molecule has 0 spiro atoms. The van der Waals surface area contributed by atoms with Crippen molar-refractivity contribution in [1.82, 2.24) is 0 Å². The number of carbonyl (C=O) groups excluding carboxylic acids is 3. The monoisotopic (exact) mass is 1030 g/mol. The third-order valence-electron chi connectivity index (χ3n) is 5.60. The number of ether oxygens (including phenoxy) is 6. The fourth-order valence-corrected chi connectivity index (χ4v) is 3.24. The van der Waals surface area contributed by atoms with Crippen LogP contribution in [0.5, 0.6) is 34.5 Å². The van der Waals surface area contributed by atoms with Crippen LogP contribution in [-0.2, 0) is 14.4 Å². The number of carbonyl (C=O) groups is 3. The smallest absolute Gasteiger partial charge is 0.471 e. The van der Waals surface area contributed by atoms with Gasteiger partial charge in [0.15, 0.2) is 0 Å². The van der Waals surface area contributed by atoms with E-state index in [0.29, 0.717) is 0 Å². The van der Waals surface area contributed by atoms with Gasteiger partial charge in [0, 0.05) is 71.7 Å². The Balaban J connectivity index is -0.000000718. The first-order valence-electron chi connectivity index (χ1n) is 14.6. The van der Waals surface area contributed by atoms with Crippen molar-refractivity contribution in [3.05, 3.63) is 54.6 Å². The van der Waals surface area contributed by atoms with E-state index >= 15 is 0 Å². The van der Waals surface area contributed by atoms with Crippen molar-refractivity contribution in [1.29, 1.82) is 0 Å². The summed E-state index contributed by atoms with van der Waals surface area (Å²) < 4.78 is 137. The molecule has 0 saturated carbocycles. The molecule has 0 fully saturated rings. The molecule has 0 heterocycles. The largest absolute Gasteiger partial charge is 0.497 e. The summed E-state index contributed by atoms with van der Waals surface area (Å²) in [6, 6.07) is 12.0. The maximum Gasteiger partial charge on any atom is 0.471 e. The van der Waals surface area contributed by atoms with Gasteiger partial charge in [-0.2, -0.15) is 39.5 Å². The zero-order valence-corrected chi connectivity index (χ0v) is 36.2. The van der Waals surface area contributed by atoms with E-state index in [1.807, 2.05) is 17.5 Å². The molecule has 0 unspecified atom stereocenters. The van der Waals surface area contributed by atoms with Crippen LogP contribution in [0.4, 0.5) is 56.6 Å². The standard InChI is InChI=1S/3C10H10F3NO3.3CH3Br/c3*1-16-7-3-6(4-8(5-7)17-2)14-9(15)10(11,12)13;3*1-2/h3*3-5H,1-2H3,(H,14,15);3*1H3. The number of hydrogen-bond acceptors (Lipinski definition) is 9. The number of rotatable bonds is 9. The van der Waals surface area contributed by atoms with Gasteiger partial charge < -0.3 is 44.4 Å². The number of hydrogen-bond donors (Lipinski definition) is 3. The van der Waals surface area contributed by atoms with Gasteiger partial charge in [0.25, 0.3) is 0 Å². The lowest BCUT2D eigenvalue weighted by molar-refractivity contribution is -0.167. The van der Waals surface area contributed by atoms with Crippen LogP contribution in [0.1, 0.15) is 0 Å². The van der Waals surface area contributed by atoms with Crippen LogP contribution in [0.3, 0.4) is 0 Å². The minimum Gasteiger partial charge on any atom is -0.497 e. The Kier molecular flexibility index (Phi) is 29.0. The van der Waals surface area contributed by atoms with Crippen molar-refractivity contribution in [2.24, 2.45) is 0 Å². The predicted molar refractivity (Wildman–Crippen MR) is 207 cm³/mol.